The predicted octanol–water partition coefficient (Wildman–Crippen LogP) is 2.26. The summed E-state index contributed by atoms with van der Waals surface area (Å²) in [5.41, 5.74) is 8.01. The van der Waals surface area contributed by atoms with Gasteiger partial charge in [-0.25, -0.2) is 9.78 Å². The van der Waals surface area contributed by atoms with Gasteiger partial charge in [-0.15, -0.1) is 11.3 Å². The number of urea groups is 1. The molecule has 1 aromatic heterocycles. The van der Waals surface area contributed by atoms with Crippen molar-refractivity contribution >= 4 is 28.4 Å². The number of nitrogens with one attached hydrogen (secondary N) is 1. The molecule has 0 saturated carbocycles. The summed E-state index contributed by atoms with van der Waals surface area (Å²) in [7, 11) is 0. The highest BCUT2D eigenvalue weighted by molar-refractivity contribution is 7.14. The van der Waals surface area contributed by atoms with Crippen LogP contribution in [0.3, 0.4) is 0 Å². The third kappa shape index (κ3) is 3.68. The van der Waals surface area contributed by atoms with E-state index in [0.717, 1.165) is 19.3 Å². The fourth-order valence-corrected chi connectivity index (χ4v) is 3.38. The zero-order chi connectivity index (χ0) is 16.2. The van der Waals surface area contributed by atoms with Crippen LogP contribution in [0.25, 0.3) is 0 Å². The molecule has 0 spiro atoms. The van der Waals surface area contributed by atoms with Gasteiger partial charge in [0.25, 0.3) is 5.91 Å². The molecule has 0 fully saturated rings. The first kappa shape index (κ1) is 15.5. The number of fused-ring (bicyclic) bond motifs is 1. The van der Waals surface area contributed by atoms with Crippen LogP contribution in [0, 0.1) is 0 Å². The van der Waals surface area contributed by atoms with Gasteiger partial charge in [0.2, 0.25) is 0 Å². The Hall–Kier alpha value is -2.41. The van der Waals surface area contributed by atoms with E-state index in [1.54, 1.807) is 10.3 Å². The quantitative estimate of drug-likeness (QED) is 0.885. The number of benzene rings is 1. The molecule has 0 radical (unpaired) electrons. The number of anilines is 1. The lowest BCUT2D eigenvalue weighted by molar-refractivity contribution is 0.0996. The molecule has 0 atom stereocenters. The van der Waals surface area contributed by atoms with Crippen LogP contribution in [0.4, 0.5) is 9.93 Å². The summed E-state index contributed by atoms with van der Waals surface area (Å²) in [6.45, 7) is 1.37. The molecule has 23 heavy (non-hydrogen) atoms. The van der Waals surface area contributed by atoms with Gasteiger partial charge in [0.15, 0.2) is 5.13 Å². The number of carbonyl (C=O) groups excluding carboxylic acids is 2. The minimum absolute atomic E-state index is 0.173. The number of carbonyl (C=O) groups is 2. The lowest BCUT2D eigenvalue weighted by Crippen LogP contribution is -2.38. The predicted molar refractivity (Wildman–Crippen MR) is 89.7 cm³/mol. The SMILES string of the molecule is NC(=O)c1csc(NC(=O)N2CCCc3ccccc3CC2)n1. The number of thiazole rings is 1. The van der Waals surface area contributed by atoms with Crippen molar-refractivity contribution < 1.29 is 9.59 Å². The Kier molecular flexibility index (Phi) is 4.57. The van der Waals surface area contributed by atoms with E-state index in [0.29, 0.717) is 18.2 Å². The third-order valence-corrected chi connectivity index (χ3v) is 4.66. The number of aromatic nitrogens is 1. The number of hydrogen-bond acceptors (Lipinski definition) is 4. The Morgan fingerprint density at radius 2 is 1.91 bits per heavy atom. The van der Waals surface area contributed by atoms with Crippen molar-refractivity contribution in [2.45, 2.75) is 19.3 Å². The number of primary amides is 1. The maximum Gasteiger partial charge on any atom is 0.323 e. The van der Waals surface area contributed by atoms with E-state index < -0.39 is 5.91 Å². The summed E-state index contributed by atoms with van der Waals surface area (Å²) >= 11 is 1.20. The maximum absolute atomic E-state index is 12.4. The molecule has 3 rings (SSSR count). The lowest BCUT2D eigenvalue weighted by Gasteiger charge is -2.25. The van der Waals surface area contributed by atoms with Crippen LogP contribution < -0.4 is 11.1 Å². The van der Waals surface area contributed by atoms with E-state index in [9.17, 15) is 9.59 Å². The second-order valence-electron chi connectivity index (χ2n) is 5.44. The van der Waals surface area contributed by atoms with Gasteiger partial charge < -0.3 is 10.6 Å². The van der Waals surface area contributed by atoms with Gasteiger partial charge in [-0.3, -0.25) is 10.1 Å². The molecule has 120 valence electrons. The fourth-order valence-electron chi connectivity index (χ4n) is 2.69. The zero-order valence-corrected chi connectivity index (χ0v) is 13.4. The van der Waals surface area contributed by atoms with E-state index in [1.165, 1.54) is 22.5 Å². The minimum atomic E-state index is -0.593. The van der Waals surface area contributed by atoms with Crippen LogP contribution >= 0.6 is 11.3 Å². The van der Waals surface area contributed by atoms with Gasteiger partial charge in [0, 0.05) is 18.5 Å². The largest absolute Gasteiger partial charge is 0.364 e. The van der Waals surface area contributed by atoms with Crippen LogP contribution in [-0.2, 0) is 12.8 Å². The zero-order valence-electron chi connectivity index (χ0n) is 12.6. The average molecular weight is 330 g/mol. The second kappa shape index (κ2) is 6.78. The Labute approximate surface area is 138 Å². The lowest BCUT2D eigenvalue weighted by atomic mass is 9.98. The molecule has 7 heteroatoms. The maximum atomic E-state index is 12.4. The van der Waals surface area contributed by atoms with Crippen molar-refractivity contribution in [3.05, 3.63) is 46.5 Å². The highest BCUT2D eigenvalue weighted by Gasteiger charge is 2.18. The highest BCUT2D eigenvalue weighted by Crippen LogP contribution is 2.18. The first-order valence-corrected chi connectivity index (χ1v) is 8.39. The monoisotopic (exact) mass is 330 g/mol. The first-order chi connectivity index (χ1) is 11.1. The van der Waals surface area contributed by atoms with E-state index in [-0.39, 0.29) is 11.7 Å². The van der Waals surface area contributed by atoms with Crippen molar-refractivity contribution in [3.8, 4) is 0 Å². The number of hydrogen-bond donors (Lipinski definition) is 2. The van der Waals surface area contributed by atoms with Gasteiger partial charge in [-0.05, 0) is 30.4 Å². The molecule has 2 heterocycles. The summed E-state index contributed by atoms with van der Waals surface area (Å²) in [5, 5.41) is 4.68. The number of nitrogens with zero attached hydrogens (tertiary/aromatic N) is 2. The van der Waals surface area contributed by atoms with Crippen LogP contribution in [0.15, 0.2) is 29.6 Å². The molecule has 1 aliphatic rings. The van der Waals surface area contributed by atoms with Gasteiger partial charge in [-0.1, -0.05) is 24.3 Å². The summed E-state index contributed by atoms with van der Waals surface area (Å²) in [6.07, 6.45) is 2.74. The van der Waals surface area contributed by atoms with Crippen LogP contribution in [0.1, 0.15) is 28.0 Å². The number of nitrogens with two attached hydrogens (primary N) is 1. The Balaban J connectivity index is 1.64. The normalized spacial score (nSPS) is 14.5. The van der Waals surface area contributed by atoms with Gasteiger partial charge in [0.05, 0.1) is 0 Å². The molecule has 2 aromatic rings. The molecular formula is C16H18N4O2S. The average Bonchev–Trinajstić information content (AvgIpc) is 2.97. The Bertz CT molecular complexity index is 728. The van der Waals surface area contributed by atoms with E-state index in [1.807, 2.05) is 6.07 Å². The first-order valence-electron chi connectivity index (χ1n) is 7.51. The molecule has 6 nitrogen and oxygen atoms in total. The minimum Gasteiger partial charge on any atom is -0.364 e. The number of amides is 3. The van der Waals surface area contributed by atoms with Crippen LogP contribution in [0.5, 0.6) is 0 Å². The number of aryl methyl sites for hydroxylation is 1. The molecule has 0 unspecified atom stereocenters. The van der Waals surface area contributed by atoms with Crippen molar-refractivity contribution in [2.75, 3.05) is 18.4 Å². The second-order valence-corrected chi connectivity index (χ2v) is 6.30. The van der Waals surface area contributed by atoms with Crippen LogP contribution in [0.2, 0.25) is 0 Å². The van der Waals surface area contributed by atoms with Crippen LogP contribution in [-0.4, -0.2) is 34.9 Å². The topological polar surface area (TPSA) is 88.3 Å². The van der Waals surface area contributed by atoms with E-state index in [2.05, 4.69) is 28.5 Å². The molecule has 0 bridgehead atoms. The number of rotatable bonds is 2. The van der Waals surface area contributed by atoms with Gasteiger partial charge in [-0.2, -0.15) is 0 Å². The molecule has 0 saturated heterocycles. The summed E-state index contributed by atoms with van der Waals surface area (Å²) in [6, 6.07) is 8.19. The molecule has 3 amide bonds. The summed E-state index contributed by atoms with van der Waals surface area (Å²) in [5.74, 6) is -0.593. The molecular weight excluding hydrogens is 312 g/mol. The highest BCUT2D eigenvalue weighted by atomic mass is 32.1. The Morgan fingerprint density at radius 1 is 1.17 bits per heavy atom. The Morgan fingerprint density at radius 3 is 2.61 bits per heavy atom. The molecule has 1 aliphatic heterocycles. The third-order valence-electron chi connectivity index (χ3n) is 3.90. The van der Waals surface area contributed by atoms with E-state index >= 15 is 0 Å². The van der Waals surface area contributed by atoms with E-state index in [4.69, 9.17) is 5.73 Å². The standard InChI is InChI=1S/C16H18N4O2S/c17-14(21)13-10-23-15(18-13)19-16(22)20-8-3-6-11-4-1-2-5-12(11)7-9-20/h1-2,4-5,10H,3,6-9H2,(H2,17,21)(H,18,19,22). The fraction of sp³-hybridized carbons (Fsp3) is 0.312. The van der Waals surface area contributed by atoms with Gasteiger partial charge in [0.1, 0.15) is 5.69 Å². The van der Waals surface area contributed by atoms with Crippen molar-refractivity contribution in [3.63, 3.8) is 0 Å². The molecule has 3 N–H and O–H groups in total. The molecule has 1 aromatic carbocycles. The molecule has 0 aliphatic carbocycles. The smallest absolute Gasteiger partial charge is 0.323 e. The summed E-state index contributed by atoms with van der Waals surface area (Å²) in [4.78, 5) is 29.2. The van der Waals surface area contributed by atoms with Gasteiger partial charge >= 0.3 is 6.03 Å². The van der Waals surface area contributed by atoms with Crippen molar-refractivity contribution in [2.24, 2.45) is 5.73 Å². The van der Waals surface area contributed by atoms with Crippen molar-refractivity contribution in [1.29, 1.82) is 0 Å². The van der Waals surface area contributed by atoms with Crippen molar-refractivity contribution in [1.82, 2.24) is 9.88 Å². The summed E-state index contributed by atoms with van der Waals surface area (Å²) < 4.78 is 0.